The fourth-order valence-electron chi connectivity index (χ4n) is 2.62. The summed E-state index contributed by atoms with van der Waals surface area (Å²) >= 11 is 3.34. The van der Waals surface area contributed by atoms with Gasteiger partial charge in [0.1, 0.15) is 18.1 Å². The highest BCUT2D eigenvalue weighted by molar-refractivity contribution is 9.10. The smallest absolute Gasteiger partial charge is 0.307 e. The van der Waals surface area contributed by atoms with Crippen LogP contribution in [0, 0.1) is 10.1 Å². The Morgan fingerprint density at radius 1 is 1.29 bits per heavy atom. The van der Waals surface area contributed by atoms with Gasteiger partial charge in [-0.3, -0.25) is 19.6 Å². The minimum absolute atomic E-state index is 0.0740. The van der Waals surface area contributed by atoms with E-state index in [1.54, 1.807) is 31.4 Å². The Hall–Kier alpha value is -3.26. The fraction of sp³-hybridized carbons (Fsp3) is 0.100. The predicted molar refractivity (Wildman–Crippen MR) is 108 cm³/mol. The Labute approximate surface area is 169 Å². The van der Waals surface area contributed by atoms with E-state index in [-0.39, 0.29) is 11.5 Å². The van der Waals surface area contributed by atoms with Crippen LogP contribution in [-0.2, 0) is 6.54 Å². The van der Waals surface area contributed by atoms with Crippen LogP contribution in [0.25, 0.3) is 6.08 Å². The SMILES string of the molecule is COc1ccc(C=CC(=O)c2ccc(Br)cc2)cc1Cn1cc([N+](=O)[O-])cn1. The van der Waals surface area contributed by atoms with Gasteiger partial charge in [-0.25, -0.2) is 0 Å². The zero-order valence-corrected chi connectivity index (χ0v) is 16.5. The lowest BCUT2D eigenvalue weighted by atomic mass is 10.1. The molecule has 0 saturated heterocycles. The van der Waals surface area contributed by atoms with Crippen LogP contribution in [0.5, 0.6) is 5.75 Å². The number of carbonyl (C=O) groups excluding carboxylic acids is 1. The first-order valence-corrected chi connectivity index (χ1v) is 9.07. The summed E-state index contributed by atoms with van der Waals surface area (Å²) in [6, 6.07) is 12.6. The summed E-state index contributed by atoms with van der Waals surface area (Å²) in [4.78, 5) is 22.6. The molecule has 1 aromatic heterocycles. The average molecular weight is 442 g/mol. The number of nitrogens with zero attached hydrogens (tertiary/aromatic N) is 3. The molecular formula is C20H16BrN3O4. The fourth-order valence-corrected chi connectivity index (χ4v) is 2.88. The van der Waals surface area contributed by atoms with E-state index in [4.69, 9.17) is 4.74 Å². The third kappa shape index (κ3) is 4.72. The monoisotopic (exact) mass is 441 g/mol. The summed E-state index contributed by atoms with van der Waals surface area (Å²) < 4.78 is 7.74. The van der Waals surface area contributed by atoms with Gasteiger partial charge in [0.05, 0.1) is 18.6 Å². The summed E-state index contributed by atoms with van der Waals surface area (Å²) in [7, 11) is 1.55. The molecule has 0 aliphatic heterocycles. The highest BCUT2D eigenvalue weighted by Crippen LogP contribution is 2.22. The molecule has 0 unspecified atom stereocenters. The standard InChI is InChI=1S/C20H16BrN3O4/c1-28-20-9-3-14(2-8-19(25)15-4-6-17(21)7-5-15)10-16(20)12-23-13-18(11-22-23)24(26)27/h2-11,13H,12H2,1H3. The van der Waals surface area contributed by atoms with E-state index in [0.29, 0.717) is 17.9 Å². The third-order valence-electron chi connectivity index (χ3n) is 4.02. The van der Waals surface area contributed by atoms with Crippen molar-refractivity contribution in [3.63, 3.8) is 0 Å². The molecule has 1 heterocycles. The number of nitro groups is 1. The van der Waals surface area contributed by atoms with Crippen molar-refractivity contribution < 1.29 is 14.5 Å². The van der Waals surface area contributed by atoms with Crippen LogP contribution in [0.3, 0.4) is 0 Å². The number of allylic oxidation sites excluding steroid dienone is 1. The van der Waals surface area contributed by atoms with Crippen molar-refractivity contribution in [3.8, 4) is 5.75 Å². The molecule has 2 aromatic carbocycles. The van der Waals surface area contributed by atoms with E-state index < -0.39 is 4.92 Å². The van der Waals surface area contributed by atoms with Crippen molar-refractivity contribution >= 4 is 33.5 Å². The van der Waals surface area contributed by atoms with E-state index in [9.17, 15) is 14.9 Å². The van der Waals surface area contributed by atoms with Gasteiger partial charge in [-0.05, 0) is 48.0 Å². The van der Waals surface area contributed by atoms with Gasteiger partial charge in [0, 0.05) is 15.6 Å². The first kappa shape index (κ1) is 19.5. The van der Waals surface area contributed by atoms with Crippen LogP contribution in [0.4, 0.5) is 5.69 Å². The normalized spacial score (nSPS) is 10.9. The lowest BCUT2D eigenvalue weighted by molar-refractivity contribution is -0.385. The highest BCUT2D eigenvalue weighted by Gasteiger charge is 2.11. The summed E-state index contributed by atoms with van der Waals surface area (Å²) in [6.45, 7) is 0.305. The van der Waals surface area contributed by atoms with Gasteiger partial charge >= 0.3 is 5.69 Å². The molecule has 0 atom stereocenters. The van der Waals surface area contributed by atoms with Gasteiger partial charge in [-0.15, -0.1) is 0 Å². The number of benzene rings is 2. The van der Waals surface area contributed by atoms with E-state index in [0.717, 1.165) is 15.6 Å². The Bertz CT molecular complexity index is 1040. The molecule has 0 radical (unpaired) electrons. The van der Waals surface area contributed by atoms with E-state index in [1.165, 1.54) is 23.2 Å². The minimum atomic E-state index is -0.492. The predicted octanol–water partition coefficient (Wildman–Crippen LogP) is 4.51. The molecule has 28 heavy (non-hydrogen) atoms. The van der Waals surface area contributed by atoms with Gasteiger partial charge in [0.25, 0.3) is 0 Å². The molecule has 0 N–H and O–H groups in total. The molecule has 3 rings (SSSR count). The van der Waals surface area contributed by atoms with Gasteiger partial charge in [-0.2, -0.15) is 5.10 Å². The maximum Gasteiger partial charge on any atom is 0.307 e. The van der Waals surface area contributed by atoms with Gasteiger partial charge in [0.2, 0.25) is 0 Å². The molecular weight excluding hydrogens is 426 g/mol. The molecule has 0 aliphatic carbocycles. The van der Waals surface area contributed by atoms with E-state index >= 15 is 0 Å². The molecule has 0 bridgehead atoms. The Kier molecular flexibility index (Phi) is 6.00. The first-order valence-electron chi connectivity index (χ1n) is 8.28. The second kappa shape index (κ2) is 8.62. The van der Waals surface area contributed by atoms with E-state index in [2.05, 4.69) is 21.0 Å². The maximum atomic E-state index is 12.3. The number of ketones is 1. The molecule has 3 aromatic rings. The molecule has 0 aliphatic rings. The Morgan fingerprint density at radius 3 is 2.68 bits per heavy atom. The maximum absolute atomic E-state index is 12.3. The van der Waals surface area contributed by atoms with Crippen molar-refractivity contribution in [1.29, 1.82) is 0 Å². The number of halogens is 1. The number of rotatable bonds is 7. The van der Waals surface area contributed by atoms with E-state index in [1.807, 2.05) is 24.3 Å². The van der Waals surface area contributed by atoms with Crippen molar-refractivity contribution in [2.75, 3.05) is 7.11 Å². The lowest BCUT2D eigenvalue weighted by Gasteiger charge is -2.09. The molecule has 0 saturated carbocycles. The summed E-state index contributed by atoms with van der Waals surface area (Å²) in [5.41, 5.74) is 2.12. The van der Waals surface area contributed by atoms with Crippen molar-refractivity contribution in [1.82, 2.24) is 9.78 Å². The summed E-state index contributed by atoms with van der Waals surface area (Å²) in [5.74, 6) is 0.530. The number of methoxy groups -OCH3 is 1. The van der Waals surface area contributed by atoms with Crippen LogP contribution in [0.1, 0.15) is 21.5 Å². The second-order valence-electron chi connectivity index (χ2n) is 5.93. The lowest BCUT2D eigenvalue weighted by Crippen LogP contribution is -2.02. The van der Waals surface area contributed by atoms with Crippen LogP contribution >= 0.6 is 15.9 Å². The zero-order valence-electron chi connectivity index (χ0n) is 14.9. The average Bonchev–Trinajstić information content (AvgIpc) is 3.16. The number of hydrogen-bond acceptors (Lipinski definition) is 5. The molecule has 0 spiro atoms. The van der Waals surface area contributed by atoms with Gasteiger partial charge in [0.15, 0.2) is 5.78 Å². The number of hydrogen-bond donors (Lipinski definition) is 0. The quantitative estimate of drug-likeness (QED) is 0.233. The molecule has 142 valence electrons. The molecule has 0 amide bonds. The molecule has 7 nitrogen and oxygen atoms in total. The Morgan fingerprint density at radius 2 is 2.04 bits per heavy atom. The number of carbonyl (C=O) groups is 1. The first-order chi connectivity index (χ1) is 13.5. The van der Waals surface area contributed by atoms with Crippen LogP contribution in [0.2, 0.25) is 0 Å². The summed E-state index contributed by atoms with van der Waals surface area (Å²) in [6.07, 6.45) is 5.79. The van der Waals surface area contributed by atoms with Crippen molar-refractivity contribution in [2.24, 2.45) is 0 Å². The Balaban J connectivity index is 1.80. The number of aromatic nitrogens is 2. The minimum Gasteiger partial charge on any atom is -0.496 e. The van der Waals surface area contributed by atoms with Crippen molar-refractivity contribution in [3.05, 3.63) is 92.2 Å². The van der Waals surface area contributed by atoms with Gasteiger partial charge < -0.3 is 4.74 Å². The topological polar surface area (TPSA) is 87.3 Å². The van der Waals surface area contributed by atoms with Crippen molar-refractivity contribution in [2.45, 2.75) is 6.54 Å². The van der Waals surface area contributed by atoms with Crippen LogP contribution < -0.4 is 4.74 Å². The molecule has 8 heteroatoms. The molecule has 0 fully saturated rings. The van der Waals surface area contributed by atoms with Gasteiger partial charge in [-0.1, -0.05) is 28.1 Å². The largest absolute Gasteiger partial charge is 0.496 e. The highest BCUT2D eigenvalue weighted by atomic mass is 79.9. The number of ether oxygens (including phenoxy) is 1. The van der Waals surface area contributed by atoms with Crippen LogP contribution in [0.15, 0.2) is 65.4 Å². The second-order valence-corrected chi connectivity index (χ2v) is 6.84. The third-order valence-corrected chi connectivity index (χ3v) is 4.55. The van der Waals surface area contributed by atoms with Crippen LogP contribution in [-0.4, -0.2) is 27.6 Å². The zero-order chi connectivity index (χ0) is 20.1. The summed E-state index contributed by atoms with van der Waals surface area (Å²) in [5, 5.41) is 14.8.